The van der Waals surface area contributed by atoms with E-state index >= 15 is 0 Å². The largest absolute Gasteiger partial charge is 0.238 e. The molecule has 0 amide bonds. The standard InChI is InChI=1S/C18H17N3S/c1-12-11-15(16-9-6-10-22-16)21-18(19-12)17(13(2)20-21)14-7-4-3-5-8-14/h3-10,15H,11H2,1-2H3/t15-/m1/s1. The van der Waals surface area contributed by atoms with E-state index in [1.54, 1.807) is 11.3 Å². The van der Waals surface area contributed by atoms with E-state index in [9.17, 15) is 0 Å². The topological polar surface area (TPSA) is 30.2 Å². The van der Waals surface area contributed by atoms with Crippen molar-refractivity contribution in [2.45, 2.75) is 26.3 Å². The van der Waals surface area contributed by atoms with Gasteiger partial charge in [0.25, 0.3) is 0 Å². The number of hydrogen-bond acceptors (Lipinski definition) is 3. The summed E-state index contributed by atoms with van der Waals surface area (Å²) in [5.74, 6) is 0.992. The summed E-state index contributed by atoms with van der Waals surface area (Å²) in [5, 5.41) is 6.95. The number of aromatic nitrogens is 2. The highest BCUT2D eigenvalue weighted by Crippen LogP contribution is 2.41. The molecule has 4 rings (SSSR count). The highest BCUT2D eigenvalue weighted by Gasteiger charge is 2.28. The van der Waals surface area contributed by atoms with Crippen LogP contribution in [-0.2, 0) is 0 Å². The van der Waals surface area contributed by atoms with Crippen molar-refractivity contribution in [1.82, 2.24) is 9.78 Å². The molecule has 22 heavy (non-hydrogen) atoms. The first-order chi connectivity index (χ1) is 10.7. The highest BCUT2D eigenvalue weighted by atomic mass is 32.1. The summed E-state index contributed by atoms with van der Waals surface area (Å²) < 4.78 is 2.11. The molecule has 0 bridgehead atoms. The van der Waals surface area contributed by atoms with Crippen LogP contribution in [0.3, 0.4) is 0 Å². The van der Waals surface area contributed by atoms with E-state index in [0.29, 0.717) is 0 Å². The van der Waals surface area contributed by atoms with E-state index in [2.05, 4.69) is 60.3 Å². The number of hydrogen-bond donors (Lipinski definition) is 0. The number of nitrogens with zero attached hydrogens (tertiary/aromatic N) is 3. The van der Waals surface area contributed by atoms with E-state index in [1.807, 2.05) is 6.07 Å². The Labute approximate surface area is 134 Å². The highest BCUT2D eigenvalue weighted by molar-refractivity contribution is 7.10. The van der Waals surface area contributed by atoms with Gasteiger partial charge in [-0.15, -0.1) is 11.3 Å². The van der Waals surface area contributed by atoms with Crippen molar-refractivity contribution in [3.05, 3.63) is 58.4 Å². The van der Waals surface area contributed by atoms with E-state index in [-0.39, 0.29) is 6.04 Å². The van der Waals surface area contributed by atoms with E-state index in [4.69, 9.17) is 10.1 Å². The molecule has 1 aliphatic heterocycles. The molecule has 0 N–H and O–H groups in total. The maximum absolute atomic E-state index is 4.82. The van der Waals surface area contributed by atoms with Gasteiger partial charge in [-0.25, -0.2) is 9.67 Å². The lowest BCUT2D eigenvalue weighted by atomic mass is 10.0. The van der Waals surface area contributed by atoms with Crippen LogP contribution in [0.2, 0.25) is 0 Å². The normalized spacial score (nSPS) is 17.2. The average molecular weight is 307 g/mol. The Kier molecular flexibility index (Phi) is 3.19. The smallest absolute Gasteiger partial charge is 0.159 e. The van der Waals surface area contributed by atoms with E-state index in [1.165, 1.54) is 16.2 Å². The third-order valence-electron chi connectivity index (χ3n) is 4.07. The Hall–Kier alpha value is -2.20. The van der Waals surface area contributed by atoms with Crippen molar-refractivity contribution in [3.63, 3.8) is 0 Å². The molecule has 1 aliphatic rings. The van der Waals surface area contributed by atoms with Gasteiger partial charge in [0.2, 0.25) is 0 Å². The van der Waals surface area contributed by atoms with Gasteiger partial charge in [0.1, 0.15) is 0 Å². The van der Waals surface area contributed by atoms with Gasteiger partial charge >= 0.3 is 0 Å². The minimum Gasteiger partial charge on any atom is -0.238 e. The summed E-state index contributed by atoms with van der Waals surface area (Å²) in [6.45, 7) is 4.19. The molecule has 3 heterocycles. The minimum atomic E-state index is 0.267. The number of aliphatic imine (C=N–C) groups is 1. The zero-order valence-electron chi connectivity index (χ0n) is 12.7. The van der Waals surface area contributed by atoms with Crippen molar-refractivity contribution in [2.24, 2.45) is 4.99 Å². The molecule has 0 saturated carbocycles. The maximum Gasteiger partial charge on any atom is 0.159 e. The fourth-order valence-electron chi connectivity index (χ4n) is 3.10. The summed E-state index contributed by atoms with van der Waals surface area (Å²) in [7, 11) is 0. The number of fused-ring (bicyclic) bond motifs is 1. The Morgan fingerprint density at radius 1 is 1.09 bits per heavy atom. The number of benzene rings is 1. The van der Waals surface area contributed by atoms with Gasteiger partial charge in [0, 0.05) is 22.6 Å². The second kappa shape index (κ2) is 5.21. The summed E-state index contributed by atoms with van der Waals surface area (Å²) in [6, 6.07) is 15.0. The third-order valence-corrected chi connectivity index (χ3v) is 5.05. The van der Waals surface area contributed by atoms with Gasteiger partial charge < -0.3 is 0 Å². The number of rotatable bonds is 2. The predicted molar refractivity (Wildman–Crippen MR) is 92.2 cm³/mol. The Morgan fingerprint density at radius 2 is 1.91 bits per heavy atom. The van der Waals surface area contributed by atoms with Gasteiger partial charge in [-0.05, 0) is 30.9 Å². The predicted octanol–water partition coefficient (Wildman–Crippen LogP) is 5.01. The maximum atomic E-state index is 4.82. The monoisotopic (exact) mass is 307 g/mol. The summed E-state index contributed by atoms with van der Waals surface area (Å²) >= 11 is 1.79. The number of thiophene rings is 1. The molecule has 0 spiro atoms. The lowest BCUT2D eigenvalue weighted by Crippen LogP contribution is -2.18. The molecule has 0 unspecified atom stereocenters. The molecule has 1 atom stereocenters. The molecule has 0 fully saturated rings. The molecular formula is C18H17N3S. The molecule has 1 aromatic carbocycles. The fraction of sp³-hybridized carbons (Fsp3) is 0.222. The molecule has 0 radical (unpaired) electrons. The van der Waals surface area contributed by atoms with Crippen LogP contribution >= 0.6 is 11.3 Å². The lowest BCUT2D eigenvalue weighted by molar-refractivity contribution is 0.536. The molecule has 3 aromatic rings. The SMILES string of the molecule is CC1=Nc2c(-c3ccccc3)c(C)nn2[C@@H](c2cccs2)C1. The van der Waals surface area contributed by atoms with E-state index < -0.39 is 0 Å². The Balaban J connectivity index is 1.92. The van der Waals surface area contributed by atoms with Crippen molar-refractivity contribution >= 4 is 22.9 Å². The second-order valence-electron chi connectivity index (χ2n) is 5.68. The summed E-state index contributed by atoms with van der Waals surface area (Å²) in [5.41, 5.74) is 4.55. The molecule has 110 valence electrons. The van der Waals surface area contributed by atoms with Crippen molar-refractivity contribution < 1.29 is 0 Å². The summed E-state index contributed by atoms with van der Waals surface area (Å²) in [4.78, 5) is 6.17. The quantitative estimate of drug-likeness (QED) is 0.655. The molecule has 0 saturated heterocycles. The van der Waals surface area contributed by atoms with Crippen LogP contribution in [-0.4, -0.2) is 15.5 Å². The van der Waals surface area contributed by atoms with Gasteiger partial charge in [-0.2, -0.15) is 5.10 Å². The van der Waals surface area contributed by atoms with Crippen LogP contribution in [0, 0.1) is 6.92 Å². The average Bonchev–Trinajstić information content (AvgIpc) is 3.14. The minimum absolute atomic E-state index is 0.267. The van der Waals surface area contributed by atoms with Crippen molar-refractivity contribution in [3.8, 4) is 11.1 Å². The van der Waals surface area contributed by atoms with Gasteiger partial charge in [0.15, 0.2) is 5.82 Å². The molecule has 0 aliphatic carbocycles. The van der Waals surface area contributed by atoms with Crippen molar-refractivity contribution in [1.29, 1.82) is 0 Å². The molecule has 2 aromatic heterocycles. The molecule has 3 nitrogen and oxygen atoms in total. The fourth-order valence-corrected chi connectivity index (χ4v) is 3.91. The van der Waals surface area contributed by atoms with Gasteiger partial charge in [-0.1, -0.05) is 36.4 Å². The van der Waals surface area contributed by atoms with Crippen LogP contribution in [0.1, 0.15) is 30.0 Å². The Morgan fingerprint density at radius 3 is 2.64 bits per heavy atom. The number of aryl methyl sites for hydroxylation is 1. The first kappa shape index (κ1) is 13.5. The first-order valence-corrected chi connectivity index (χ1v) is 8.34. The van der Waals surface area contributed by atoms with Crippen LogP contribution in [0.5, 0.6) is 0 Å². The van der Waals surface area contributed by atoms with Crippen LogP contribution in [0.4, 0.5) is 5.82 Å². The van der Waals surface area contributed by atoms with Gasteiger partial charge in [-0.3, -0.25) is 0 Å². The lowest BCUT2D eigenvalue weighted by Gasteiger charge is -2.22. The Bertz CT molecular complexity index is 829. The zero-order chi connectivity index (χ0) is 15.1. The summed E-state index contributed by atoms with van der Waals surface area (Å²) in [6.07, 6.45) is 0.933. The molecule has 4 heteroatoms. The first-order valence-electron chi connectivity index (χ1n) is 7.46. The zero-order valence-corrected chi connectivity index (χ0v) is 13.5. The van der Waals surface area contributed by atoms with E-state index in [0.717, 1.165) is 23.5 Å². The second-order valence-corrected chi connectivity index (χ2v) is 6.66. The van der Waals surface area contributed by atoms with Crippen molar-refractivity contribution in [2.75, 3.05) is 0 Å². The molecular weight excluding hydrogens is 290 g/mol. The van der Waals surface area contributed by atoms with Crippen LogP contribution in [0.25, 0.3) is 11.1 Å². The third kappa shape index (κ3) is 2.11. The van der Waals surface area contributed by atoms with Crippen LogP contribution in [0.15, 0.2) is 52.8 Å². The van der Waals surface area contributed by atoms with Gasteiger partial charge in [0.05, 0.1) is 11.7 Å². The van der Waals surface area contributed by atoms with Crippen LogP contribution < -0.4 is 0 Å².